The van der Waals surface area contributed by atoms with Gasteiger partial charge in [-0.3, -0.25) is 9.69 Å². The second-order valence-electron chi connectivity index (χ2n) is 6.91. The van der Waals surface area contributed by atoms with E-state index < -0.39 is 5.97 Å². The minimum atomic E-state index is -0.390. The van der Waals surface area contributed by atoms with E-state index in [1.807, 2.05) is 25.1 Å². The van der Waals surface area contributed by atoms with E-state index in [2.05, 4.69) is 31.0 Å². The molecule has 1 aliphatic heterocycles. The Hall–Kier alpha value is -2.86. The van der Waals surface area contributed by atoms with Crippen LogP contribution in [0.3, 0.4) is 0 Å². The molecule has 0 radical (unpaired) electrons. The van der Waals surface area contributed by atoms with Crippen LogP contribution >= 0.6 is 11.8 Å². The number of ether oxygens (including phenoxy) is 1. The molecule has 5 nitrogen and oxygen atoms in total. The van der Waals surface area contributed by atoms with Crippen LogP contribution in [-0.4, -0.2) is 35.6 Å². The maximum Gasteiger partial charge on any atom is 0.337 e. The van der Waals surface area contributed by atoms with Crippen LogP contribution in [0.5, 0.6) is 0 Å². The number of benzene rings is 2. The third-order valence-corrected chi connectivity index (χ3v) is 5.62. The number of hydrogen-bond acceptors (Lipinski definition) is 5. The number of esters is 1. The monoisotopic (exact) mass is 408 g/mol. The zero-order valence-electron chi connectivity index (χ0n) is 17.0. The molecule has 2 aromatic carbocycles. The minimum Gasteiger partial charge on any atom is -0.465 e. The molecule has 1 amide bonds. The Kier molecular flexibility index (Phi) is 6.54. The summed E-state index contributed by atoms with van der Waals surface area (Å²) in [7, 11) is 1.35. The molecule has 0 atom stereocenters. The van der Waals surface area contributed by atoms with Crippen LogP contribution in [0.4, 0.5) is 5.69 Å². The molecule has 0 aliphatic carbocycles. The van der Waals surface area contributed by atoms with Crippen molar-refractivity contribution in [1.82, 2.24) is 4.90 Å². The highest BCUT2D eigenvalue weighted by Crippen LogP contribution is 2.34. The van der Waals surface area contributed by atoms with Gasteiger partial charge in [0.1, 0.15) is 0 Å². The summed E-state index contributed by atoms with van der Waals surface area (Å²) in [6.45, 7) is 6.77. The van der Waals surface area contributed by atoms with Crippen LogP contribution in [-0.2, 0) is 9.53 Å². The van der Waals surface area contributed by atoms with E-state index >= 15 is 0 Å². The van der Waals surface area contributed by atoms with E-state index in [1.54, 1.807) is 29.2 Å². The smallest absolute Gasteiger partial charge is 0.337 e. The Bertz CT molecular complexity index is 961. The molecule has 0 aromatic heterocycles. The summed E-state index contributed by atoms with van der Waals surface area (Å²) in [6, 6.07) is 15.1. The van der Waals surface area contributed by atoms with Gasteiger partial charge in [0.25, 0.3) is 5.91 Å². The van der Waals surface area contributed by atoms with Crippen molar-refractivity contribution >= 4 is 40.6 Å². The molecule has 29 heavy (non-hydrogen) atoms. The van der Waals surface area contributed by atoms with E-state index in [4.69, 9.17) is 4.74 Å². The lowest BCUT2D eigenvalue weighted by molar-refractivity contribution is -0.122. The first-order chi connectivity index (χ1) is 13.9. The number of nitrogens with zero attached hydrogens (tertiary/aromatic N) is 2. The second-order valence-corrected chi connectivity index (χ2v) is 7.92. The van der Waals surface area contributed by atoms with Gasteiger partial charge in [-0.15, -0.1) is 0 Å². The lowest BCUT2D eigenvalue weighted by atomic mass is 10.0. The Morgan fingerprint density at radius 2 is 1.79 bits per heavy atom. The van der Waals surface area contributed by atoms with Crippen molar-refractivity contribution in [2.75, 3.05) is 13.7 Å². The first-order valence-electron chi connectivity index (χ1n) is 9.51. The normalized spacial score (nSPS) is 16.9. The number of methoxy groups -OCH3 is 1. The van der Waals surface area contributed by atoms with E-state index in [0.29, 0.717) is 33.8 Å². The molecule has 3 rings (SSSR count). The molecular weight excluding hydrogens is 384 g/mol. The fourth-order valence-corrected chi connectivity index (χ4v) is 3.96. The number of thioether (sulfide) groups is 1. The van der Waals surface area contributed by atoms with E-state index in [-0.39, 0.29) is 5.91 Å². The van der Waals surface area contributed by atoms with Crippen molar-refractivity contribution in [2.24, 2.45) is 4.99 Å². The number of likely N-dealkylation sites (N-methyl/N-ethyl adjacent to an activating group) is 1. The number of carbonyl (C=O) groups excluding carboxylic acids is 2. The highest BCUT2D eigenvalue weighted by atomic mass is 32.2. The molecule has 1 heterocycles. The predicted octanol–water partition coefficient (Wildman–Crippen LogP) is 5.22. The quantitative estimate of drug-likeness (QED) is 0.503. The van der Waals surface area contributed by atoms with E-state index in [0.717, 1.165) is 5.56 Å². The van der Waals surface area contributed by atoms with Crippen molar-refractivity contribution in [1.29, 1.82) is 0 Å². The molecule has 150 valence electrons. The van der Waals surface area contributed by atoms with Crippen LogP contribution in [0.2, 0.25) is 0 Å². The summed E-state index contributed by atoms with van der Waals surface area (Å²) in [5.74, 6) is 0.0351. The number of amidine groups is 1. The lowest BCUT2D eigenvalue weighted by Gasteiger charge is -2.12. The van der Waals surface area contributed by atoms with Gasteiger partial charge in [-0.25, -0.2) is 9.79 Å². The van der Waals surface area contributed by atoms with Crippen LogP contribution in [0.25, 0.3) is 6.08 Å². The fraction of sp³-hybridized carbons (Fsp3) is 0.261. The third-order valence-electron chi connectivity index (χ3n) is 4.62. The molecule has 0 saturated carbocycles. The summed E-state index contributed by atoms with van der Waals surface area (Å²) in [6.07, 6.45) is 1.91. The highest BCUT2D eigenvalue weighted by molar-refractivity contribution is 8.18. The largest absolute Gasteiger partial charge is 0.465 e. The predicted molar refractivity (Wildman–Crippen MR) is 118 cm³/mol. The minimum absolute atomic E-state index is 0.0460. The SMILES string of the molecule is CCN1C(=O)C(=Cc2ccc(C(C)C)cc2)SC1=Nc1ccc(C(=O)OC)cc1. The maximum absolute atomic E-state index is 12.8. The Morgan fingerprint density at radius 1 is 1.14 bits per heavy atom. The van der Waals surface area contributed by atoms with Gasteiger partial charge in [-0.05, 0) is 66.1 Å². The van der Waals surface area contributed by atoms with Gasteiger partial charge in [0, 0.05) is 6.54 Å². The zero-order valence-corrected chi connectivity index (χ0v) is 17.8. The molecule has 6 heteroatoms. The number of aliphatic imine (C=N–C) groups is 1. The standard InChI is InChI=1S/C23H24N2O3S/c1-5-25-21(26)20(14-16-6-8-17(9-7-16)15(2)3)29-23(25)24-19-12-10-18(11-13-19)22(27)28-4/h6-15H,5H2,1-4H3. The van der Waals surface area contributed by atoms with Gasteiger partial charge in [0.2, 0.25) is 0 Å². The molecule has 1 saturated heterocycles. The van der Waals surface area contributed by atoms with Crippen molar-refractivity contribution in [3.63, 3.8) is 0 Å². The van der Waals surface area contributed by atoms with Crippen molar-refractivity contribution in [2.45, 2.75) is 26.7 Å². The molecule has 1 fully saturated rings. The van der Waals surface area contributed by atoms with Crippen LogP contribution in [0.1, 0.15) is 48.2 Å². The number of amides is 1. The van der Waals surface area contributed by atoms with Crippen molar-refractivity contribution in [3.05, 3.63) is 70.1 Å². The molecular formula is C23H24N2O3S. The Labute approximate surface area is 175 Å². The first kappa shape index (κ1) is 20.9. The van der Waals surface area contributed by atoms with E-state index in [9.17, 15) is 9.59 Å². The first-order valence-corrected chi connectivity index (χ1v) is 10.3. The molecule has 0 spiro atoms. The van der Waals surface area contributed by atoms with Crippen LogP contribution in [0, 0.1) is 0 Å². The third kappa shape index (κ3) is 4.77. The summed E-state index contributed by atoms with van der Waals surface area (Å²) in [5.41, 5.74) is 3.40. The van der Waals surface area contributed by atoms with Gasteiger partial charge in [0.05, 0.1) is 23.3 Å². The molecule has 0 unspecified atom stereocenters. The Balaban J connectivity index is 1.84. The lowest BCUT2D eigenvalue weighted by Crippen LogP contribution is -2.28. The molecule has 1 aliphatic rings. The number of hydrogen-bond donors (Lipinski definition) is 0. The van der Waals surface area contributed by atoms with Crippen LogP contribution in [0.15, 0.2) is 58.4 Å². The molecule has 0 N–H and O–H groups in total. The zero-order chi connectivity index (χ0) is 21.0. The van der Waals surface area contributed by atoms with E-state index in [1.165, 1.54) is 24.4 Å². The average Bonchev–Trinajstić information content (AvgIpc) is 3.02. The number of carbonyl (C=O) groups is 2. The van der Waals surface area contributed by atoms with Gasteiger partial charge < -0.3 is 4.74 Å². The van der Waals surface area contributed by atoms with Crippen LogP contribution < -0.4 is 0 Å². The average molecular weight is 409 g/mol. The van der Waals surface area contributed by atoms with Crippen molar-refractivity contribution < 1.29 is 14.3 Å². The Morgan fingerprint density at radius 3 is 2.34 bits per heavy atom. The van der Waals surface area contributed by atoms with Gasteiger partial charge in [-0.2, -0.15) is 0 Å². The second kappa shape index (κ2) is 9.09. The molecule has 2 aromatic rings. The van der Waals surface area contributed by atoms with Gasteiger partial charge in [-0.1, -0.05) is 38.1 Å². The summed E-state index contributed by atoms with van der Waals surface area (Å²) in [4.78, 5) is 31.3. The molecule has 0 bridgehead atoms. The van der Waals surface area contributed by atoms with Gasteiger partial charge in [0.15, 0.2) is 5.17 Å². The maximum atomic E-state index is 12.8. The van der Waals surface area contributed by atoms with Crippen molar-refractivity contribution in [3.8, 4) is 0 Å². The topological polar surface area (TPSA) is 59.0 Å². The summed E-state index contributed by atoms with van der Waals surface area (Å²) in [5, 5.41) is 0.633. The number of rotatable bonds is 5. The summed E-state index contributed by atoms with van der Waals surface area (Å²) < 4.78 is 4.71. The fourth-order valence-electron chi connectivity index (χ4n) is 2.90. The summed E-state index contributed by atoms with van der Waals surface area (Å²) >= 11 is 1.36. The highest BCUT2D eigenvalue weighted by Gasteiger charge is 2.32. The van der Waals surface area contributed by atoms with Gasteiger partial charge >= 0.3 is 5.97 Å².